The third kappa shape index (κ3) is 3.56. The molecule has 106 valence electrons. The number of nitrogens with one attached hydrogen (secondary N) is 1. The smallest absolute Gasteiger partial charge is 0.300 e. The van der Waals surface area contributed by atoms with Gasteiger partial charge in [0, 0.05) is 12.6 Å². The van der Waals surface area contributed by atoms with Crippen LogP contribution in [0.4, 0.5) is 0 Å². The number of rotatable bonds is 4. The van der Waals surface area contributed by atoms with Gasteiger partial charge < -0.3 is 9.32 Å². The van der Waals surface area contributed by atoms with E-state index in [1.807, 2.05) is 6.07 Å². The van der Waals surface area contributed by atoms with Gasteiger partial charge in [-0.15, -0.1) is 0 Å². The number of furan rings is 1. The molecule has 1 aliphatic rings. The first-order valence-electron chi connectivity index (χ1n) is 6.58. The van der Waals surface area contributed by atoms with E-state index in [1.54, 1.807) is 6.07 Å². The maximum Gasteiger partial charge on any atom is 0.300 e. The van der Waals surface area contributed by atoms with Gasteiger partial charge in [-0.25, -0.2) is 5.84 Å². The molecule has 3 N–H and O–H groups in total. The van der Waals surface area contributed by atoms with E-state index in [0.29, 0.717) is 12.6 Å². The zero-order valence-electron chi connectivity index (χ0n) is 11.6. The van der Waals surface area contributed by atoms with Gasteiger partial charge in [-0.2, -0.15) is 0 Å². The molecule has 0 aromatic carbocycles. The molecule has 6 heteroatoms. The summed E-state index contributed by atoms with van der Waals surface area (Å²) in [5.74, 6) is 5.72. The van der Waals surface area contributed by atoms with Crippen molar-refractivity contribution in [2.24, 2.45) is 5.84 Å². The van der Waals surface area contributed by atoms with Crippen molar-refractivity contribution in [1.82, 2.24) is 15.2 Å². The van der Waals surface area contributed by atoms with Crippen molar-refractivity contribution in [1.29, 1.82) is 0 Å². The van der Waals surface area contributed by atoms with Crippen LogP contribution in [0.3, 0.4) is 0 Å². The standard InChI is InChI=1S/C13H22N4O2/c1-16-7-3-4-10(8-16)17(2)9-11-5-6-12(19-11)13(18)15-14/h5-6,10H,3-4,7-9,14H2,1-2H3,(H,15,18). The van der Waals surface area contributed by atoms with E-state index in [-0.39, 0.29) is 5.76 Å². The molecule has 0 saturated carbocycles. The summed E-state index contributed by atoms with van der Waals surface area (Å²) in [6.07, 6.45) is 2.43. The van der Waals surface area contributed by atoms with Gasteiger partial charge in [-0.1, -0.05) is 0 Å². The predicted molar refractivity (Wildman–Crippen MR) is 72.3 cm³/mol. The molecule has 2 rings (SSSR count). The number of likely N-dealkylation sites (N-methyl/N-ethyl adjacent to an activating group) is 2. The summed E-state index contributed by atoms with van der Waals surface area (Å²) in [6.45, 7) is 2.95. The van der Waals surface area contributed by atoms with Gasteiger partial charge in [0.05, 0.1) is 6.54 Å². The van der Waals surface area contributed by atoms with Crippen molar-refractivity contribution in [3.8, 4) is 0 Å². The number of nitrogens with zero attached hydrogens (tertiary/aromatic N) is 2. The number of amides is 1. The van der Waals surface area contributed by atoms with Crippen LogP contribution in [0, 0.1) is 0 Å². The molecule has 1 unspecified atom stereocenters. The third-order valence-corrected chi connectivity index (χ3v) is 3.64. The molecule has 1 aliphatic heterocycles. The van der Waals surface area contributed by atoms with Crippen molar-refractivity contribution < 1.29 is 9.21 Å². The number of carbonyl (C=O) groups excluding carboxylic acids is 1. The Balaban J connectivity index is 1.93. The van der Waals surface area contributed by atoms with E-state index >= 15 is 0 Å². The number of carbonyl (C=O) groups is 1. The molecule has 2 heterocycles. The molecule has 1 fully saturated rings. The molecule has 0 radical (unpaired) electrons. The summed E-state index contributed by atoms with van der Waals surface area (Å²) in [6, 6.07) is 4.02. The second-order valence-electron chi connectivity index (χ2n) is 5.21. The third-order valence-electron chi connectivity index (χ3n) is 3.64. The lowest BCUT2D eigenvalue weighted by Crippen LogP contribution is -2.44. The summed E-state index contributed by atoms with van der Waals surface area (Å²) < 4.78 is 5.48. The summed E-state index contributed by atoms with van der Waals surface area (Å²) in [5.41, 5.74) is 2.06. The Labute approximate surface area is 113 Å². The van der Waals surface area contributed by atoms with Crippen LogP contribution in [0.1, 0.15) is 29.2 Å². The lowest BCUT2D eigenvalue weighted by molar-refractivity contribution is 0.0917. The highest BCUT2D eigenvalue weighted by molar-refractivity contribution is 5.90. The number of hydrazine groups is 1. The first kappa shape index (κ1) is 14.0. The number of hydrogen-bond acceptors (Lipinski definition) is 5. The zero-order valence-corrected chi connectivity index (χ0v) is 11.6. The average molecular weight is 266 g/mol. The van der Waals surface area contributed by atoms with Crippen LogP contribution >= 0.6 is 0 Å². The highest BCUT2D eigenvalue weighted by Crippen LogP contribution is 2.17. The van der Waals surface area contributed by atoms with Gasteiger partial charge in [0.1, 0.15) is 5.76 Å². The van der Waals surface area contributed by atoms with Crippen molar-refractivity contribution in [2.75, 3.05) is 27.2 Å². The van der Waals surface area contributed by atoms with E-state index in [4.69, 9.17) is 10.3 Å². The Morgan fingerprint density at radius 2 is 2.42 bits per heavy atom. The van der Waals surface area contributed by atoms with Crippen molar-refractivity contribution in [3.05, 3.63) is 23.7 Å². The van der Waals surface area contributed by atoms with Crippen LogP contribution in [-0.2, 0) is 6.54 Å². The molecule has 1 aromatic rings. The monoisotopic (exact) mass is 266 g/mol. The number of nitrogens with two attached hydrogens (primary N) is 1. The molecular formula is C13H22N4O2. The number of likely N-dealkylation sites (tertiary alicyclic amines) is 1. The molecule has 1 aromatic heterocycles. The Hall–Kier alpha value is -1.37. The largest absolute Gasteiger partial charge is 0.455 e. The first-order valence-corrected chi connectivity index (χ1v) is 6.58. The fraction of sp³-hybridized carbons (Fsp3) is 0.615. The van der Waals surface area contributed by atoms with Crippen LogP contribution in [0.25, 0.3) is 0 Å². The second-order valence-corrected chi connectivity index (χ2v) is 5.21. The van der Waals surface area contributed by atoms with Gasteiger partial charge >= 0.3 is 5.91 Å². The summed E-state index contributed by atoms with van der Waals surface area (Å²) >= 11 is 0. The maximum absolute atomic E-state index is 11.3. The fourth-order valence-corrected chi connectivity index (χ4v) is 2.53. The Morgan fingerprint density at radius 1 is 1.63 bits per heavy atom. The lowest BCUT2D eigenvalue weighted by atomic mass is 10.1. The molecule has 1 saturated heterocycles. The summed E-state index contributed by atoms with van der Waals surface area (Å²) in [7, 11) is 4.24. The van der Waals surface area contributed by atoms with Gasteiger partial charge in [0.2, 0.25) is 0 Å². The van der Waals surface area contributed by atoms with Gasteiger partial charge in [0.15, 0.2) is 5.76 Å². The molecule has 0 bridgehead atoms. The van der Waals surface area contributed by atoms with E-state index in [2.05, 4.69) is 29.3 Å². The second kappa shape index (κ2) is 6.18. The van der Waals surface area contributed by atoms with Crippen LogP contribution in [-0.4, -0.2) is 48.9 Å². The van der Waals surface area contributed by atoms with E-state index in [9.17, 15) is 4.79 Å². The van der Waals surface area contributed by atoms with Crippen LogP contribution in [0.5, 0.6) is 0 Å². The summed E-state index contributed by atoms with van der Waals surface area (Å²) in [4.78, 5) is 15.9. The predicted octanol–water partition coefficient (Wildman–Crippen LogP) is 0.409. The lowest BCUT2D eigenvalue weighted by Gasteiger charge is -2.35. The molecule has 1 amide bonds. The molecule has 6 nitrogen and oxygen atoms in total. The van der Waals surface area contributed by atoms with Crippen LogP contribution in [0.15, 0.2) is 16.5 Å². The minimum absolute atomic E-state index is 0.256. The zero-order chi connectivity index (χ0) is 13.8. The van der Waals surface area contributed by atoms with E-state index < -0.39 is 5.91 Å². The van der Waals surface area contributed by atoms with Crippen LogP contribution in [0.2, 0.25) is 0 Å². The molecule has 19 heavy (non-hydrogen) atoms. The van der Waals surface area contributed by atoms with Gasteiger partial charge in [0.25, 0.3) is 0 Å². The normalized spacial score (nSPS) is 20.7. The van der Waals surface area contributed by atoms with E-state index in [1.165, 1.54) is 19.4 Å². The van der Waals surface area contributed by atoms with Crippen molar-refractivity contribution in [2.45, 2.75) is 25.4 Å². The molecule has 1 atom stereocenters. The van der Waals surface area contributed by atoms with Crippen LogP contribution < -0.4 is 11.3 Å². The number of piperidine rings is 1. The minimum Gasteiger partial charge on any atom is -0.455 e. The van der Waals surface area contributed by atoms with Crippen molar-refractivity contribution in [3.63, 3.8) is 0 Å². The highest BCUT2D eigenvalue weighted by atomic mass is 16.4. The number of nitrogen functional groups attached to an aromatic ring is 1. The topological polar surface area (TPSA) is 74.7 Å². The average Bonchev–Trinajstić information content (AvgIpc) is 2.86. The van der Waals surface area contributed by atoms with Crippen molar-refractivity contribution >= 4 is 5.91 Å². The summed E-state index contributed by atoms with van der Waals surface area (Å²) in [5, 5.41) is 0. The molecular weight excluding hydrogens is 244 g/mol. The molecule has 0 spiro atoms. The minimum atomic E-state index is -0.397. The van der Waals surface area contributed by atoms with Gasteiger partial charge in [-0.3, -0.25) is 15.1 Å². The Morgan fingerprint density at radius 3 is 3.11 bits per heavy atom. The Kier molecular flexibility index (Phi) is 4.57. The highest BCUT2D eigenvalue weighted by Gasteiger charge is 2.22. The number of hydrogen-bond donors (Lipinski definition) is 2. The SMILES string of the molecule is CN1CCCC(N(C)Cc2ccc(C(=O)NN)o2)C1. The van der Waals surface area contributed by atoms with Gasteiger partial charge in [-0.05, 0) is 45.6 Å². The van der Waals surface area contributed by atoms with E-state index in [0.717, 1.165) is 12.3 Å². The maximum atomic E-state index is 11.3. The first-order chi connectivity index (χ1) is 9.10. The molecule has 0 aliphatic carbocycles. The quantitative estimate of drug-likeness (QED) is 0.469. The fourth-order valence-electron chi connectivity index (χ4n) is 2.53. The Bertz CT molecular complexity index is 432.